The molecule has 7 nitrogen and oxygen atoms in total. The number of aliphatic hydroxyl groups is 1. The number of para-hydroxylation sites is 1. The van der Waals surface area contributed by atoms with Crippen molar-refractivity contribution in [2.45, 2.75) is 32.3 Å². The standard InChI is InChI=1S/C13H15BrN4O2.C7H14O/c1-17(7-6-11(20)15-8-19)13-9-4-3-5-10(14)12(9)18(2)16-13;1-5-6-7(2,3)8-4/h3-5,8H,6-7H2,1-2H3,(H,15,19,20);5H,1,6H2,2-4H3/p+1. The second-order valence-corrected chi connectivity index (χ2v) is 7.76. The summed E-state index contributed by atoms with van der Waals surface area (Å²) in [5, 5.41) is 14.0. The van der Waals surface area contributed by atoms with Gasteiger partial charge in [0.25, 0.3) is 0 Å². The fraction of sp³-hybridized carbons (Fsp3) is 0.450. The largest absolute Gasteiger partial charge is 0.465 e. The maximum Gasteiger partial charge on any atom is 0.389 e. The van der Waals surface area contributed by atoms with Gasteiger partial charge in [0, 0.05) is 37.6 Å². The zero-order valence-corrected chi connectivity index (χ0v) is 18.8. The van der Waals surface area contributed by atoms with Gasteiger partial charge in [0.2, 0.25) is 0 Å². The third kappa shape index (κ3) is 6.76. The van der Waals surface area contributed by atoms with Crippen LogP contribution in [-0.2, 0) is 16.6 Å². The Balaban J connectivity index is 0.000000416. The minimum Gasteiger partial charge on any atom is -0.465 e. The summed E-state index contributed by atoms with van der Waals surface area (Å²) in [5.74, 6) is 0.588. The third-order valence-electron chi connectivity index (χ3n) is 4.25. The molecule has 1 aromatic carbocycles. The molecule has 0 spiro atoms. The van der Waals surface area contributed by atoms with Gasteiger partial charge in [0.15, 0.2) is 5.82 Å². The molecule has 1 amide bonds. The van der Waals surface area contributed by atoms with Gasteiger partial charge in [0.05, 0.1) is 17.5 Å². The van der Waals surface area contributed by atoms with E-state index in [1.54, 1.807) is 7.11 Å². The number of fused-ring (bicyclic) bond motifs is 1. The Labute approximate surface area is 174 Å². The van der Waals surface area contributed by atoms with Crippen molar-refractivity contribution in [2.24, 2.45) is 7.05 Å². The summed E-state index contributed by atoms with van der Waals surface area (Å²) < 4.78 is 7.90. The van der Waals surface area contributed by atoms with Crippen LogP contribution in [0.4, 0.5) is 5.82 Å². The van der Waals surface area contributed by atoms with Crippen molar-refractivity contribution >= 4 is 45.0 Å². The maximum absolute atomic E-state index is 11.3. The van der Waals surface area contributed by atoms with Crippen molar-refractivity contribution in [3.05, 3.63) is 35.3 Å². The number of nitrogens with one attached hydrogen (secondary N) is 1. The SMILES string of the molecule is C=CCC(C)(C)OC.CN(CCC(=O)[NH+]=CO)c1nn(C)c2c(Br)cccc12. The van der Waals surface area contributed by atoms with Crippen molar-refractivity contribution < 1.29 is 19.6 Å². The van der Waals surface area contributed by atoms with Crippen molar-refractivity contribution in [3.63, 3.8) is 0 Å². The van der Waals surface area contributed by atoms with E-state index in [1.807, 2.05) is 61.8 Å². The second kappa shape index (κ2) is 11.0. The summed E-state index contributed by atoms with van der Waals surface area (Å²) in [6.45, 7) is 8.20. The van der Waals surface area contributed by atoms with Gasteiger partial charge in [-0.1, -0.05) is 12.1 Å². The Hall–Kier alpha value is -2.19. The van der Waals surface area contributed by atoms with Crippen LogP contribution in [0.5, 0.6) is 0 Å². The summed E-state index contributed by atoms with van der Waals surface area (Å²) in [6.07, 6.45) is 3.70. The molecule has 0 radical (unpaired) electrons. The summed E-state index contributed by atoms with van der Waals surface area (Å²) in [6, 6.07) is 5.93. The molecule has 0 atom stereocenters. The first-order valence-electron chi connectivity index (χ1n) is 8.90. The number of methoxy groups -OCH3 is 1. The first kappa shape index (κ1) is 23.8. The zero-order valence-electron chi connectivity index (χ0n) is 17.2. The molecule has 0 unspecified atom stereocenters. The van der Waals surface area contributed by atoms with Gasteiger partial charge in [-0.05, 0) is 48.3 Å². The molecule has 0 aliphatic heterocycles. The number of halogens is 1. The van der Waals surface area contributed by atoms with Crippen molar-refractivity contribution in [2.75, 3.05) is 25.6 Å². The third-order valence-corrected chi connectivity index (χ3v) is 4.89. The predicted molar refractivity (Wildman–Crippen MR) is 117 cm³/mol. The van der Waals surface area contributed by atoms with Crippen LogP contribution in [0.1, 0.15) is 26.7 Å². The van der Waals surface area contributed by atoms with E-state index in [1.165, 1.54) is 0 Å². The minimum atomic E-state index is -0.235. The number of aryl methyl sites for hydroxylation is 1. The molecule has 2 aromatic rings. The van der Waals surface area contributed by atoms with E-state index in [0.29, 0.717) is 12.9 Å². The number of hydrogen-bond acceptors (Lipinski definition) is 4. The molecule has 1 aromatic heterocycles. The smallest absolute Gasteiger partial charge is 0.389 e. The zero-order chi connectivity index (χ0) is 21.3. The number of carbonyl (C=O) groups is 1. The fourth-order valence-electron chi connectivity index (χ4n) is 2.50. The van der Waals surface area contributed by atoms with Gasteiger partial charge in [0.1, 0.15) is 0 Å². The number of nitrogens with zero attached hydrogens (tertiary/aromatic N) is 3. The number of anilines is 1. The summed E-state index contributed by atoms with van der Waals surface area (Å²) >= 11 is 3.52. The van der Waals surface area contributed by atoms with Crippen molar-refractivity contribution in [3.8, 4) is 0 Å². The van der Waals surface area contributed by atoms with Gasteiger partial charge >= 0.3 is 12.3 Å². The van der Waals surface area contributed by atoms with Crippen LogP contribution in [0.2, 0.25) is 0 Å². The van der Waals surface area contributed by atoms with Crippen LogP contribution < -0.4 is 9.89 Å². The Morgan fingerprint density at radius 2 is 2.18 bits per heavy atom. The van der Waals surface area contributed by atoms with Crippen LogP contribution in [0.3, 0.4) is 0 Å². The van der Waals surface area contributed by atoms with E-state index in [4.69, 9.17) is 9.84 Å². The van der Waals surface area contributed by atoms with Gasteiger partial charge < -0.3 is 14.7 Å². The van der Waals surface area contributed by atoms with Gasteiger partial charge in [-0.25, -0.2) is 4.79 Å². The van der Waals surface area contributed by atoms with Gasteiger partial charge in [-0.15, -0.1) is 11.6 Å². The van der Waals surface area contributed by atoms with Gasteiger partial charge in [-0.2, -0.15) is 5.10 Å². The molecular weight excluding hydrogens is 424 g/mol. The highest BCUT2D eigenvalue weighted by molar-refractivity contribution is 9.10. The number of rotatable bonds is 7. The molecule has 2 rings (SSSR count). The van der Waals surface area contributed by atoms with E-state index >= 15 is 0 Å². The highest BCUT2D eigenvalue weighted by Crippen LogP contribution is 2.30. The fourth-order valence-corrected chi connectivity index (χ4v) is 3.13. The first-order chi connectivity index (χ1) is 13.2. The van der Waals surface area contributed by atoms with Crippen molar-refractivity contribution in [1.82, 2.24) is 9.78 Å². The molecular formula is C20H30BrN4O3+. The monoisotopic (exact) mass is 453 g/mol. The Bertz CT molecular complexity index is 830. The molecule has 154 valence electrons. The lowest BCUT2D eigenvalue weighted by molar-refractivity contribution is -0.380. The number of benzene rings is 1. The normalized spacial score (nSPS) is 11.4. The Morgan fingerprint density at radius 1 is 1.50 bits per heavy atom. The highest BCUT2D eigenvalue weighted by Gasteiger charge is 2.16. The van der Waals surface area contributed by atoms with Crippen LogP contribution in [0.25, 0.3) is 10.9 Å². The van der Waals surface area contributed by atoms with Crippen LogP contribution in [-0.4, -0.2) is 53.5 Å². The Kier molecular flexibility index (Phi) is 9.34. The molecule has 0 aliphatic rings. The van der Waals surface area contributed by atoms with E-state index in [2.05, 4.69) is 32.6 Å². The molecule has 28 heavy (non-hydrogen) atoms. The molecule has 0 aliphatic carbocycles. The second-order valence-electron chi connectivity index (χ2n) is 6.91. The number of amides is 1. The lowest BCUT2D eigenvalue weighted by Gasteiger charge is -2.19. The van der Waals surface area contributed by atoms with Gasteiger partial charge in [-0.3, -0.25) is 4.68 Å². The van der Waals surface area contributed by atoms with E-state index in [0.717, 1.165) is 27.6 Å². The number of hydrogen-bond donors (Lipinski definition) is 2. The van der Waals surface area contributed by atoms with E-state index in [9.17, 15) is 4.79 Å². The average Bonchev–Trinajstić information content (AvgIpc) is 2.99. The summed E-state index contributed by atoms with van der Waals surface area (Å²) in [7, 11) is 5.49. The topological polar surface area (TPSA) is 81.6 Å². The number of aromatic nitrogens is 2. The van der Waals surface area contributed by atoms with E-state index < -0.39 is 0 Å². The molecule has 0 fully saturated rings. The lowest BCUT2D eigenvalue weighted by Crippen LogP contribution is -2.74. The average molecular weight is 454 g/mol. The molecule has 0 saturated heterocycles. The summed E-state index contributed by atoms with van der Waals surface area (Å²) in [4.78, 5) is 15.5. The molecule has 0 saturated carbocycles. The number of ether oxygens (including phenoxy) is 1. The lowest BCUT2D eigenvalue weighted by atomic mass is 10.1. The number of carbonyl (C=O) groups excluding carboxylic acids is 1. The highest BCUT2D eigenvalue weighted by atomic mass is 79.9. The van der Waals surface area contributed by atoms with Crippen molar-refractivity contribution in [1.29, 1.82) is 0 Å². The predicted octanol–water partition coefficient (Wildman–Crippen LogP) is 2.34. The molecule has 8 heteroatoms. The first-order valence-corrected chi connectivity index (χ1v) is 9.69. The quantitative estimate of drug-likeness (QED) is 0.382. The van der Waals surface area contributed by atoms with Crippen LogP contribution >= 0.6 is 15.9 Å². The van der Waals surface area contributed by atoms with Crippen LogP contribution in [0.15, 0.2) is 35.3 Å². The summed E-state index contributed by atoms with van der Waals surface area (Å²) in [5.41, 5.74) is 0.990. The maximum atomic E-state index is 11.3. The molecule has 1 heterocycles. The number of aliphatic hydroxyl groups excluding tert-OH is 1. The van der Waals surface area contributed by atoms with Crippen LogP contribution in [0, 0.1) is 0 Å². The molecule has 2 N–H and O–H groups in total. The minimum absolute atomic E-state index is 0.0260. The van der Waals surface area contributed by atoms with E-state index in [-0.39, 0.29) is 17.9 Å². The molecule has 0 bridgehead atoms. The Morgan fingerprint density at radius 3 is 2.71 bits per heavy atom.